The number of nitrogens with zero attached hydrogens (tertiary/aromatic N) is 1. The number of carboxylic acids is 1. The Hall–Kier alpha value is -3.26. The number of aliphatic hydroxyl groups excluding tert-OH is 1. The number of primary amides is 1. The number of aliphatic hydroxyl groups is 1. The first kappa shape index (κ1) is 25.7. The maximum absolute atomic E-state index is 11.3. The maximum Gasteiger partial charge on any atom is 0.408 e. The molecule has 1 rings (SSSR count). The summed E-state index contributed by atoms with van der Waals surface area (Å²) >= 11 is 0. The smallest absolute Gasteiger partial charge is 0.408 e. The van der Waals surface area contributed by atoms with Crippen molar-refractivity contribution in [2.45, 2.75) is 51.4 Å². The molecular formula is C15H24N4O10. The van der Waals surface area contributed by atoms with Gasteiger partial charge >= 0.3 is 18.0 Å². The zero-order chi connectivity index (χ0) is 22.9. The number of hydrogen-bond acceptors (Lipinski definition) is 10. The van der Waals surface area contributed by atoms with Crippen LogP contribution in [0, 0.1) is 0 Å². The lowest BCUT2D eigenvalue weighted by Gasteiger charge is -2.19. The van der Waals surface area contributed by atoms with Gasteiger partial charge in [0.05, 0.1) is 0 Å². The predicted octanol–water partition coefficient (Wildman–Crippen LogP) is -2.64. The second-order valence-corrected chi connectivity index (χ2v) is 6.61. The SMILES string of the molecule is CC(C)(C)OC(=O)NCC(=O)ON1C(=O)CCC1=O.NC(=O)[C@@H](O)[C@H](N)C(=O)O. The summed E-state index contributed by atoms with van der Waals surface area (Å²) in [6.07, 6.45) is -2.57. The fraction of sp³-hybridized carbons (Fsp3) is 0.600. The van der Waals surface area contributed by atoms with Gasteiger partial charge in [-0.05, 0) is 20.8 Å². The molecule has 0 aromatic heterocycles. The first-order valence-electron chi connectivity index (χ1n) is 8.15. The van der Waals surface area contributed by atoms with Crippen LogP contribution in [0.4, 0.5) is 4.79 Å². The number of hydrogen-bond donors (Lipinski definition) is 5. The van der Waals surface area contributed by atoms with Gasteiger partial charge in [-0.2, -0.15) is 0 Å². The number of amides is 4. The minimum absolute atomic E-state index is 0.0195. The Kier molecular flexibility index (Phi) is 9.69. The van der Waals surface area contributed by atoms with Gasteiger partial charge in [0.15, 0.2) is 6.10 Å². The number of hydroxylamine groups is 2. The number of rotatable bonds is 6. The van der Waals surface area contributed by atoms with Crippen molar-refractivity contribution in [2.24, 2.45) is 11.5 Å². The molecule has 0 radical (unpaired) electrons. The summed E-state index contributed by atoms with van der Waals surface area (Å²) in [5.41, 5.74) is 8.67. The molecule has 0 aromatic carbocycles. The molecule has 0 spiro atoms. The summed E-state index contributed by atoms with van der Waals surface area (Å²) in [6.45, 7) is 4.53. The standard InChI is InChI=1S/C11H16N2O6.C4H8N2O4/c1-11(2,3)18-10(17)12-6-9(16)19-13-7(14)4-5-8(13)15;5-1(4(9)10)2(7)3(6)8/h4-6H2,1-3H3,(H,12,17);1-2,7H,5H2,(H2,6,8)(H,9,10)/t;1-,2-/m.0/s1. The van der Waals surface area contributed by atoms with Crippen LogP contribution in [-0.4, -0.2) is 75.3 Å². The number of nitrogens with two attached hydrogens (primary N) is 2. The maximum atomic E-state index is 11.3. The van der Waals surface area contributed by atoms with E-state index in [1.165, 1.54) is 0 Å². The van der Waals surface area contributed by atoms with Crippen molar-refractivity contribution in [3.05, 3.63) is 0 Å². The summed E-state index contributed by atoms with van der Waals surface area (Å²) in [6, 6.07) is -1.64. The quantitative estimate of drug-likeness (QED) is 0.279. The average molecular weight is 420 g/mol. The third-order valence-corrected chi connectivity index (χ3v) is 2.89. The fourth-order valence-electron chi connectivity index (χ4n) is 1.56. The molecule has 164 valence electrons. The average Bonchev–Trinajstić information content (AvgIpc) is 2.89. The third-order valence-electron chi connectivity index (χ3n) is 2.89. The van der Waals surface area contributed by atoms with Crippen molar-refractivity contribution < 1.29 is 48.6 Å². The molecule has 0 aromatic rings. The fourth-order valence-corrected chi connectivity index (χ4v) is 1.56. The van der Waals surface area contributed by atoms with E-state index in [2.05, 4.69) is 15.9 Å². The zero-order valence-corrected chi connectivity index (χ0v) is 16.0. The van der Waals surface area contributed by atoms with Gasteiger partial charge in [-0.15, -0.1) is 5.06 Å². The first-order chi connectivity index (χ1) is 13.2. The van der Waals surface area contributed by atoms with Gasteiger partial charge in [0, 0.05) is 12.8 Å². The van der Waals surface area contributed by atoms with Crippen LogP contribution >= 0.6 is 0 Å². The van der Waals surface area contributed by atoms with Crippen LogP contribution in [-0.2, 0) is 33.5 Å². The normalized spacial score (nSPS) is 15.6. The number of ether oxygens (including phenoxy) is 1. The Labute approximate surface area is 165 Å². The number of aliphatic carboxylic acids is 1. The summed E-state index contributed by atoms with van der Waals surface area (Å²) < 4.78 is 4.90. The van der Waals surface area contributed by atoms with Gasteiger partial charge in [-0.3, -0.25) is 19.2 Å². The van der Waals surface area contributed by atoms with Crippen LogP contribution in [0.5, 0.6) is 0 Å². The van der Waals surface area contributed by atoms with E-state index >= 15 is 0 Å². The molecule has 0 saturated carbocycles. The van der Waals surface area contributed by atoms with Crippen LogP contribution in [0.2, 0.25) is 0 Å². The molecule has 0 unspecified atom stereocenters. The van der Waals surface area contributed by atoms with Crippen LogP contribution in [0.15, 0.2) is 0 Å². The Bertz CT molecular complexity index is 638. The number of carboxylic acid groups (broad SMARTS) is 1. The van der Waals surface area contributed by atoms with Crippen molar-refractivity contribution >= 4 is 35.8 Å². The van der Waals surface area contributed by atoms with E-state index in [0.717, 1.165) is 0 Å². The Morgan fingerprint density at radius 1 is 1.17 bits per heavy atom. The molecule has 29 heavy (non-hydrogen) atoms. The van der Waals surface area contributed by atoms with Gasteiger partial charge in [-0.1, -0.05) is 0 Å². The third kappa shape index (κ3) is 10.0. The van der Waals surface area contributed by atoms with Crippen molar-refractivity contribution in [2.75, 3.05) is 6.54 Å². The van der Waals surface area contributed by atoms with Gasteiger partial charge < -0.3 is 36.6 Å². The lowest BCUT2D eigenvalue weighted by molar-refractivity contribution is -0.196. The minimum atomic E-state index is -1.82. The molecule has 2 atom stereocenters. The number of carbonyl (C=O) groups is 6. The molecule has 14 heteroatoms. The molecular weight excluding hydrogens is 396 g/mol. The van der Waals surface area contributed by atoms with E-state index < -0.39 is 60.0 Å². The van der Waals surface area contributed by atoms with Crippen molar-refractivity contribution in [3.63, 3.8) is 0 Å². The second kappa shape index (κ2) is 10.9. The summed E-state index contributed by atoms with van der Waals surface area (Å²) in [7, 11) is 0. The van der Waals surface area contributed by atoms with Crippen LogP contribution < -0.4 is 16.8 Å². The molecule has 14 nitrogen and oxygen atoms in total. The van der Waals surface area contributed by atoms with Gasteiger partial charge in [0.2, 0.25) is 5.91 Å². The summed E-state index contributed by atoms with van der Waals surface area (Å²) in [5.74, 6) is -4.68. The van der Waals surface area contributed by atoms with E-state index in [-0.39, 0.29) is 12.8 Å². The number of nitrogens with one attached hydrogen (secondary N) is 1. The highest BCUT2D eigenvalue weighted by molar-refractivity contribution is 6.01. The Balaban J connectivity index is 0.000000665. The van der Waals surface area contributed by atoms with E-state index in [0.29, 0.717) is 5.06 Å². The van der Waals surface area contributed by atoms with E-state index in [9.17, 15) is 28.8 Å². The highest BCUT2D eigenvalue weighted by Crippen LogP contribution is 2.12. The second-order valence-electron chi connectivity index (χ2n) is 6.61. The molecule has 7 N–H and O–H groups in total. The molecule has 1 heterocycles. The molecule has 1 aliphatic rings. The predicted molar refractivity (Wildman–Crippen MR) is 92.2 cm³/mol. The van der Waals surface area contributed by atoms with Gasteiger partial charge in [0.1, 0.15) is 18.2 Å². The van der Waals surface area contributed by atoms with Gasteiger partial charge in [-0.25, -0.2) is 9.59 Å². The van der Waals surface area contributed by atoms with Crippen LogP contribution in [0.25, 0.3) is 0 Å². The molecule has 0 bridgehead atoms. The molecule has 1 saturated heterocycles. The first-order valence-corrected chi connectivity index (χ1v) is 8.15. The molecule has 4 amide bonds. The Morgan fingerprint density at radius 2 is 1.66 bits per heavy atom. The minimum Gasteiger partial charge on any atom is -0.480 e. The molecule has 1 fully saturated rings. The number of imide groups is 1. The van der Waals surface area contributed by atoms with Crippen molar-refractivity contribution in [1.29, 1.82) is 0 Å². The topological polar surface area (TPSA) is 229 Å². The highest BCUT2D eigenvalue weighted by atomic mass is 16.7. The Morgan fingerprint density at radius 3 is 2.00 bits per heavy atom. The summed E-state index contributed by atoms with van der Waals surface area (Å²) in [5, 5.41) is 19.3. The van der Waals surface area contributed by atoms with E-state index in [1.807, 2.05) is 0 Å². The highest BCUT2D eigenvalue weighted by Gasteiger charge is 2.33. The van der Waals surface area contributed by atoms with E-state index in [1.54, 1.807) is 20.8 Å². The molecule has 1 aliphatic heterocycles. The van der Waals surface area contributed by atoms with Crippen molar-refractivity contribution in [3.8, 4) is 0 Å². The van der Waals surface area contributed by atoms with Gasteiger partial charge in [0.25, 0.3) is 11.8 Å². The van der Waals surface area contributed by atoms with Crippen LogP contribution in [0.3, 0.4) is 0 Å². The van der Waals surface area contributed by atoms with Crippen molar-refractivity contribution in [1.82, 2.24) is 10.4 Å². The zero-order valence-electron chi connectivity index (χ0n) is 16.0. The lowest BCUT2D eigenvalue weighted by atomic mass is 10.2. The number of carbonyl (C=O) groups excluding carboxylic acids is 5. The summed E-state index contributed by atoms with van der Waals surface area (Å²) in [4.78, 5) is 69.5. The largest absolute Gasteiger partial charge is 0.480 e. The number of alkyl carbamates (subject to hydrolysis) is 1. The van der Waals surface area contributed by atoms with E-state index in [4.69, 9.17) is 20.7 Å². The van der Waals surface area contributed by atoms with Crippen LogP contribution in [0.1, 0.15) is 33.6 Å². The molecule has 0 aliphatic carbocycles. The monoisotopic (exact) mass is 420 g/mol. The lowest BCUT2D eigenvalue weighted by Crippen LogP contribution is -2.48.